The van der Waals surface area contributed by atoms with Crippen LogP contribution in [0.15, 0.2) is 30.0 Å². The highest BCUT2D eigenvalue weighted by molar-refractivity contribution is 9.19. The van der Waals surface area contributed by atoms with Gasteiger partial charge in [0.05, 0.1) is 4.92 Å². The number of fused-ring (bicyclic) bond motifs is 2. The van der Waals surface area contributed by atoms with Gasteiger partial charge in [0.15, 0.2) is 46.5 Å². The molecule has 546 valence electrons. The summed E-state index contributed by atoms with van der Waals surface area (Å²) >= 11 is 21.7. The third-order valence-electron chi connectivity index (χ3n) is 13.0. The van der Waals surface area contributed by atoms with Crippen molar-refractivity contribution >= 4 is 178 Å². The van der Waals surface area contributed by atoms with Crippen molar-refractivity contribution in [3.8, 4) is 0 Å². The summed E-state index contributed by atoms with van der Waals surface area (Å²) in [6, 6.07) is -2.73. The van der Waals surface area contributed by atoms with E-state index in [0.29, 0.717) is 75.6 Å². The molecule has 2 aromatic rings. The summed E-state index contributed by atoms with van der Waals surface area (Å²) in [5, 5.41) is 114. The number of nitro groups is 5. The molecule has 0 fully saturated rings. The molecule has 8 unspecified atom stereocenters. The highest BCUT2D eigenvalue weighted by Gasteiger charge is 2.47. The van der Waals surface area contributed by atoms with Crippen molar-refractivity contribution in [2.24, 2.45) is 20.4 Å². The van der Waals surface area contributed by atoms with Crippen molar-refractivity contribution in [2.45, 2.75) is 204 Å². The van der Waals surface area contributed by atoms with E-state index < -0.39 is 60.6 Å². The molecule has 0 spiro atoms. The number of rotatable bonds is 24. The zero-order valence-corrected chi connectivity index (χ0v) is 66.3. The van der Waals surface area contributed by atoms with Crippen LogP contribution in [0.5, 0.6) is 0 Å². The fourth-order valence-corrected chi connectivity index (χ4v) is 13.7. The van der Waals surface area contributed by atoms with Gasteiger partial charge in [0.1, 0.15) is 5.69 Å². The summed E-state index contributed by atoms with van der Waals surface area (Å²) in [5.41, 5.74) is 7.70. The molecule has 0 bridgehead atoms. The SMILES string of the molecule is CC(C)NC1C([N+](=O)[O-])C(Br)=NN1CCCO.CC(C)Nc1c(N)c(=O)n2n1CCC2.CC(C)Nc1c([N+](=O)[O-])c(=O)n2n1CCC2.CCCCN1N=C(Br)C([N+](=O)[O-])C1NC(C)C.Cl.Cl.O=[N+]([O-])C1C(Br)=NN(CCCO)C1Br.O=[N+]([O-])C1C(Br)=NNC1Br.OCCCBr. The van der Waals surface area contributed by atoms with Gasteiger partial charge >= 0.3 is 11.2 Å². The van der Waals surface area contributed by atoms with E-state index in [9.17, 15) is 60.2 Å². The van der Waals surface area contributed by atoms with Crippen LogP contribution in [0, 0.1) is 50.6 Å². The lowest BCUT2D eigenvalue weighted by Gasteiger charge is -2.26. The number of unbranched alkanes of at least 4 members (excludes halogenated alkanes) is 1. The Morgan fingerprint density at radius 2 is 0.937 bits per heavy atom. The molecule has 8 atom stereocenters. The normalized spacial score (nSPS) is 20.9. The molecule has 6 aliphatic rings. The second kappa shape index (κ2) is 45.7. The van der Waals surface area contributed by atoms with Gasteiger partial charge in [0, 0.05) is 115 Å². The standard InChI is InChI=1S/C10H19BrN4O2.C9H17BrN4O3.C9H14N4O3.C9H16N4O.C6H9Br2N3O3.C3H3Br2N3O2.C3H7BrO.2ClH/c1-4-5-6-14-10(12-7(2)3)8(15(16)17)9(11)13-14;1-6(2)11-9-7(14(16)17)8(10)12-13(9)4-3-5-15;1-6(2)10-8-7(13(15)16)9(14)12-5-3-4-11(8)12;1-6(2)11-8-7(10)9(14)13-5-3-4-12(8)13;7-5-4(11(13)14)6(8)10(9-5)2-1-3-12;4-2-1(8(9)10)3(5)7-6-2;4-2-1-3-5;;/h7-8,10,12H,4-6H2,1-3H3;6-7,9,11,15H,3-5H2,1-2H3;6,10H,3-5H2,1-2H3;6,11H,3-5,10H2,1-2H3;4,6,12H,1-3H2;1-2,6H;5H,1-3H2;2*1H. The molecular formula is C49H87Br7Cl2N22O15. The first-order valence-corrected chi connectivity index (χ1v) is 35.6. The minimum absolute atomic E-state index is 0. The summed E-state index contributed by atoms with van der Waals surface area (Å²) in [4.78, 5) is 74.3. The van der Waals surface area contributed by atoms with Crippen molar-refractivity contribution in [2.75, 3.05) is 61.2 Å². The molecule has 6 aliphatic heterocycles. The molecule has 95 heavy (non-hydrogen) atoms. The number of hydrogen-bond acceptors (Lipinski definition) is 28. The zero-order valence-electron chi connectivity index (χ0n) is 53.6. The van der Waals surface area contributed by atoms with Crippen molar-refractivity contribution in [3.05, 3.63) is 71.3 Å². The number of alkyl halides is 3. The maximum atomic E-state index is 11.8. The number of nitrogen functional groups attached to an aromatic ring is 1. The summed E-state index contributed by atoms with van der Waals surface area (Å²) in [5.74, 6) is 1.12. The van der Waals surface area contributed by atoms with Crippen LogP contribution in [0.2, 0.25) is 0 Å². The maximum absolute atomic E-state index is 11.8. The number of anilines is 3. The minimum atomic E-state index is -0.893. The smallest absolute Gasteiger partial charge is 0.376 e. The predicted octanol–water partition coefficient (Wildman–Crippen LogP) is 6.41. The molecule has 0 radical (unpaired) electrons. The van der Waals surface area contributed by atoms with Crippen molar-refractivity contribution in [3.63, 3.8) is 0 Å². The van der Waals surface area contributed by atoms with Crippen molar-refractivity contribution < 1.29 is 39.9 Å². The Hall–Kier alpha value is -3.96. The Morgan fingerprint density at radius 3 is 1.27 bits per heavy atom. The summed E-state index contributed by atoms with van der Waals surface area (Å²) in [6.45, 7) is 22.7. The number of halogens is 9. The van der Waals surface area contributed by atoms with E-state index in [1.165, 1.54) is 4.68 Å². The van der Waals surface area contributed by atoms with Crippen molar-refractivity contribution in [1.82, 2.24) is 49.8 Å². The first-order chi connectivity index (χ1) is 43.7. The molecule has 0 saturated carbocycles. The fourth-order valence-electron chi connectivity index (χ4n) is 9.03. The zero-order chi connectivity index (χ0) is 70.7. The van der Waals surface area contributed by atoms with Gasteiger partial charge in [-0.25, -0.2) is 9.36 Å². The van der Waals surface area contributed by atoms with Crippen LogP contribution in [-0.4, -0.2) is 208 Å². The number of nitrogens with one attached hydrogen (secondary N) is 5. The largest absolute Gasteiger partial charge is 0.396 e. The lowest BCUT2D eigenvalue weighted by Crippen LogP contribution is -2.53. The van der Waals surface area contributed by atoms with E-state index in [4.69, 9.17) is 21.1 Å². The Kier molecular flexibility index (Phi) is 43.8. The average molecular weight is 1850 g/mol. The van der Waals surface area contributed by atoms with E-state index in [2.05, 4.69) is 166 Å². The van der Waals surface area contributed by atoms with E-state index in [1.807, 2.05) is 60.1 Å². The molecule has 37 nitrogen and oxygen atoms in total. The highest BCUT2D eigenvalue weighted by atomic mass is 79.9. The third kappa shape index (κ3) is 27.6. The number of aliphatic hydroxyl groups excluding tert-OH is 3. The lowest BCUT2D eigenvalue weighted by molar-refractivity contribution is -0.508. The number of nitrogens with zero attached hydrogens (tertiary/aromatic N) is 16. The Bertz CT molecular complexity index is 2960. The van der Waals surface area contributed by atoms with Crippen LogP contribution in [0.4, 0.5) is 23.0 Å². The summed E-state index contributed by atoms with van der Waals surface area (Å²) in [6.07, 6.45) is 4.99. The first-order valence-electron chi connectivity index (χ1n) is 29.5. The molecule has 0 aromatic carbocycles. The average Bonchev–Trinajstić information content (AvgIpc) is 1.63. The third-order valence-corrected chi connectivity index (χ3v) is 17.8. The predicted molar refractivity (Wildman–Crippen MR) is 395 cm³/mol. The Balaban J connectivity index is 0.00000110. The van der Waals surface area contributed by atoms with Gasteiger partial charge in [0.25, 0.3) is 29.7 Å². The highest BCUT2D eigenvalue weighted by Crippen LogP contribution is 2.28. The van der Waals surface area contributed by atoms with Crippen LogP contribution in [0.25, 0.3) is 0 Å². The molecule has 46 heteroatoms. The second-order valence-corrected chi connectivity index (χ2v) is 27.9. The molecule has 0 saturated heterocycles. The van der Waals surface area contributed by atoms with E-state index in [1.54, 1.807) is 24.4 Å². The molecule has 0 aliphatic carbocycles. The number of nitrogens with two attached hydrogens (primary N) is 1. The van der Waals surface area contributed by atoms with Gasteiger partial charge in [-0.05, 0) is 158 Å². The summed E-state index contributed by atoms with van der Waals surface area (Å²) < 4.78 is 8.10. The lowest BCUT2D eigenvalue weighted by atomic mass is 10.2. The molecule has 2 aromatic heterocycles. The molecule has 8 heterocycles. The van der Waals surface area contributed by atoms with Crippen LogP contribution in [0.3, 0.4) is 0 Å². The van der Waals surface area contributed by atoms with E-state index in [0.717, 1.165) is 62.9 Å². The van der Waals surface area contributed by atoms with Gasteiger partial charge < -0.3 is 31.7 Å². The van der Waals surface area contributed by atoms with Gasteiger partial charge in [-0.3, -0.25) is 101 Å². The van der Waals surface area contributed by atoms with Crippen LogP contribution in [-0.2, 0) is 26.2 Å². The second-order valence-electron chi connectivity index (χ2n) is 21.9. The minimum Gasteiger partial charge on any atom is -0.396 e. The number of aliphatic hydroxyl groups is 3. The first kappa shape index (κ1) is 91.0. The fraction of sp³-hybridized carbons (Fsp3) is 0.796. The topological polar surface area (TPSA) is 476 Å². The Labute approximate surface area is 619 Å². The van der Waals surface area contributed by atoms with Gasteiger partial charge in [-0.2, -0.15) is 20.4 Å². The van der Waals surface area contributed by atoms with Crippen LogP contribution in [0.1, 0.15) is 107 Å². The van der Waals surface area contributed by atoms with Crippen molar-refractivity contribution in [1.29, 1.82) is 0 Å². The molecule has 8 rings (SSSR count). The molecular weight excluding hydrogens is 1770 g/mol. The maximum Gasteiger partial charge on any atom is 0.376 e. The van der Waals surface area contributed by atoms with Crippen LogP contribution >= 0.6 is 136 Å². The van der Waals surface area contributed by atoms with E-state index in [-0.39, 0.29) is 89.5 Å². The molecule has 0 amide bonds. The quantitative estimate of drug-likeness (QED) is 0.0237. The number of aromatic nitrogens is 4. The number of hydrogen-bond donors (Lipinski definition) is 9. The number of hydrazone groups is 4. The Morgan fingerprint density at radius 1 is 0.558 bits per heavy atom. The van der Waals surface area contributed by atoms with Gasteiger partial charge in [-0.1, -0.05) is 61.1 Å². The monoisotopic (exact) mass is 1850 g/mol. The van der Waals surface area contributed by atoms with E-state index >= 15 is 0 Å². The summed E-state index contributed by atoms with van der Waals surface area (Å²) in [7, 11) is 0. The van der Waals surface area contributed by atoms with Gasteiger partial charge in [0.2, 0.25) is 5.82 Å². The molecule has 10 N–H and O–H groups in total. The van der Waals surface area contributed by atoms with Crippen LogP contribution < -0.4 is 43.5 Å². The van der Waals surface area contributed by atoms with Gasteiger partial charge in [-0.15, -0.1) is 24.8 Å².